The number of rotatable bonds is 4. The highest BCUT2D eigenvalue weighted by Crippen LogP contribution is 2.36. The fraction of sp³-hybridized carbons (Fsp3) is 0.250. The molecule has 0 heterocycles. The highest BCUT2D eigenvalue weighted by Gasteiger charge is 2.17. The van der Waals surface area contributed by atoms with Crippen LogP contribution in [0.4, 0.5) is 0 Å². The van der Waals surface area contributed by atoms with Crippen LogP contribution in [0, 0.1) is 6.92 Å². The van der Waals surface area contributed by atoms with Crippen molar-refractivity contribution < 1.29 is 9.47 Å². The summed E-state index contributed by atoms with van der Waals surface area (Å²) in [5, 5.41) is 0.668. The van der Waals surface area contributed by atoms with Crippen molar-refractivity contribution in [2.45, 2.75) is 13.0 Å². The molecule has 0 saturated heterocycles. The predicted octanol–water partition coefficient (Wildman–Crippen LogP) is 4.48. The van der Waals surface area contributed by atoms with E-state index in [-0.39, 0.29) is 6.04 Å². The topological polar surface area (TPSA) is 44.5 Å². The summed E-state index contributed by atoms with van der Waals surface area (Å²) < 4.78 is 11.5. The fourth-order valence-corrected chi connectivity index (χ4v) is 3.18. The number of halogens is 2. The number of benzene rings is 2. The molecule has 0 aliphatic carbocycles. The molecular formula is C16H17BrClNO2. The highest BCUT2D eigenvalue weighted by molar-refractivity contribution is 9.10. The van der Waals surface area contributed by atoms with Crippen molar-refractivity contribution in [3.05, 3.63) is 56.5 Å². The van der Waals surface area contributed by atoms with Gasteiger partial charge in [0.15, 0.2) is 11.5 Å². The van der Waals surface area contributed by atoms with Gasteiger partial charge in [-0.15, -0.1) is 0 Å². The van der Waals surface area contributed by atoms with E-state index in [0.717, 1.165) is 21.2 Å². The molecule has 112 valence electrons. The van der Waals surface area contributed by atoms with Crippen LogP contribution in [0.25, 0.3) is 0 Å². The van der Waals surface area contributed by atoms with Gasteiger partial charge in [0, 0.05) is 9.50 Å². The van der Waals surface area contributed by atoms with E-state index >= 15 is 0 Å². The van der Waals surface area contributed by atoms with Crippen LogP contribution in [0.5, 0.6) is 11.5 Å². The molecule has 1 unspecified atom stereocenters. The van der Waals surface area contributed by atoms with E-state index in [0.29, 0.717) is 16.5 Å². The summed E-state index contributed by atoms with van der Waals surface area (Å²) in [5.41, 5.74) is 9.41. The lowest BCUT2D eigenvalue weighted by atomic mass is 9.95. The third kappa shape index (κ3) is 3.34. The summed E-state index contributed by atoms with van der Waals surface area (Å²) in [7, 11) is 3.23. The molecule has 0 saturated carbocycles. The van der Waals surface area contributed by atoms with Crippen molar-refractivity contribution >= 4 is 27.5 Å². The molecule has 0 fully saturated rings. The van der Waals surface area contributed by atoms with Gasteiger partial charge in [0.2, 0.25) is 0 Å². The van der Waals surface area contributed by atoms with Gasteiger partial charge in [-0.3, -0.25) is 0 Å². The zero-order valence-electron chi connectivity index (χ0n) is 12.1. The molecule has 5 heteroatoms. The van der Waals surface area contributed by atoms with Crippen molar-refractivity contribution in [2.24, 2.45) is 5.73 Å². The van der Waals surface area contributed by atoms with Crippen LogP contribution in [-0.4, -0.2) is 14.2 Å². The molecule has 1 atom stereocenters. The summed E-state index contributed by atoms with van der Waals surface area (Å²) >= 11 is 9.49. The van der Waals surface area contributed by atoms with Crippen LogP contribution in [0.1, 0.15) is 22.7 Å². The van der Waals surface area contributed by atoms with E-state index in [2.05, 4.69) is 15.9 Å². The Balaban J connectivity index is 2.50. The summed E-state index contributed by atoms with van der Waals surface area (Å²) in [4.78, 5) is 0. The van der Waals surface area contributed by atoms with E-state index in [1.54, 1.807) is 14.2 Å². The second-order valence-electron chi connectivity index (χ2n) is 4.71. The Morgan fingerprint density at radius 1 is 1.05 bits per heavy atom. The van der Waals surface area contributed by atoms with Crippen LogP contribution in [-0.2, 0) is 0 Å². The molecule has 2 N–H and O–H groups in total. The van der Waals surface area contributed by atoms with Crippen molar-refractivity contribution in [2.75, 3.05) is 14.2 Å². The molecule has 0 aromatic heterocycles. The standard InChI is InChI=1S/C16H17BrClNO2/c1-9-6-14(20-2)15(21-3)8-12(9)16(19)11-5-4-10(18)7-13(11)17/h4-8,16H,19H2,1-3H3. The molecule has 0 aliphatic heterocycles. The summed E-state index contributed by atoms with van der Waals surface area (Å²) in [6.07, 6.45) is 0. The Morgan fingerprint density at radius 2 is 1.67 bits per heavy atom. The minimum absolute atomic E-state index is 0.281. The smallest absolute Gasteiger partial charge is 0.161 e. The first-order valence-electron chi connectivity index (χ1n) is 6.41. The number of methoxy groups -OCH3 is 2. The van der Waals surface area contributed by atoms with Crippen molar-refractivity contribution in [3.63, 3.8) is 0 Å². The van der Waals surface area contributed by atoms with Gasteiger partial charge in [0.25, 0.3) is 0 Å². The van der Waals surface area contributed by atoms with E-state index in [4.69, 9.17) is 26.8 Å². The second kappa shape index (κ2) is 6.69. The van der Waals surface area contributed by atoms with E-state index < -0.39 is 0 Å². The van der Waals surface area contributed by atoms with Gasteiger partial charge in [-0.25, -0.2) is 0 Å². The first-order chi connectivity index (χ1) is 9.97. The zero-order valence-corrected chi connectivity index (χ0v) is 14.5. The first kappa shape index (κ1) is 16.1. The molecule has 2 aromatic rings. The maximum atomic E-state index is 6.41. The molecule has 0 spiro atoms. The summed E-state index contributed by atoms with van der Waals surface area (Å²) in [6.45, 7) is 2.00. The summed E-state index contributed by atoms with van der Waals surface area (Å²) in [5.74, 6) is 1.36. The number of ether oxygens (including phenoxy) is 2. The Labute approximate surface area is 138 Å². The van der Waals surface area contributed by atoms with Crippen LogP contribution < -0.4 is 15.2 Å². The van der Waals surface area contributed by atoms with Gasteiger partial charge in [-0.2, -0.15) is 0 Å². The normalized spacial score (nSPS) is 12.1. The van der Waals surface area contributed by atoms with Gasteiger partial charge < -0.3 is 15.2 Å². The van der Waals surface area contributed by atoms with Crippen molar-refractivity contribution in [3.8, 4) is 11.5 Å². The van der Waals surface area contributed by atoms with E-state index in [1.807, 2.05) is 37.3 Å². The van der Waals surface area contributed by atoms with Gasteiger partial charge in [0.1, 0.15) is 0 Å². The zero-order chi connectivity index (χ0) is 15.6. The Morgan fingerprint density at radius 3 is 2.24 bits per heavy atom. The van der Waals surface area contributed by atoms with E-state index in [1.165, 1.54) is 0 Å². The van der Waals surface area contributed by atoms with Crippen LogP contribution >= 0.6 is 27.5 Å². The number of hydrogen-bond acceptors (Lipinski definition) is 3. The van der Waals surface area contributed by atoms with Crippen LogP contribution in [0.15, 0.2) is 34.8 Å². The average molecular weight is 371 g/mol. The lowest BCUT2D eigenvalue weighted by Gasteiger charge is -2.19. The molecule has 2 rings (SSSR count). The molecule has 0 bridgehead atoms. The first-order valence-corrected chi connectivity index (χ1v) is 7.58. The largest absolute Gasteiger partial charge is 0.493 e. The predicted molar refractivity (Wildman–Crippen MR) is 89.5 cm³/mol. The maximum absolute atomic E-state index is 6.41. The lowest BCUT2D eigenvalue weighted by Crippen LogP contribution is -2.14. The monoisotopic (exact) mass is 369 g/mol. The third-order valence-corrected chi connectivity index (χ3v) is 4.33. The highest BCUT2D eigenvalue weighted by atomic mass is 79.9. The summed E-state index contributed by atoms with van der Waals surface area (Å²) in [6, 6.07) is 9.16. The fourth-order valence-electron chi connectivity index (χ4n) is 2.25. The quantitative estimate of drug-likeness (QED) is 0.863. The van der Waals surface area contributed by atoms with Gasteiger partial charge in [0.05, 0.1) is 20.3 Å². The molecule has 0 radical (unpaired) electrons. The van der Waals surface area contributed by atoms with Crippen molar-refractivity contribution in [1.29, 1.82) is 0 Å². The molecule has 2 aromatic carbocycles. The minimum Gasteiger partial charge on any atom is -0.493 e. The Hall–Kier alpha value is -1.23. The lowest BCUT2D eigenvalue weighted by molar-refractivity contribution is 0.354. The molecular weight excluding hydrogens is 354 g/mol. The number of aryl methyl sites for hydroxylation is 1. The minimum atomic E-state index is -0.281. The van der Waals surface area contributed by atoms with Gasteiger partial charge in [-0.05, 0) is 47.9 Å². The number of hydrogen-bond donors (Lipinski definition) is 1. The molecule has 0 amide bonds. The average Bonchev–Trinajstić information content (AvgIpc) is 2.46. The third-order valence-electron chi connectivity index (χ3n) is 3.40. The molecule has 3 nitrogen and oxygen atoms in total. The molecule has 21 heavy (non-hydrogen) atoms. The van der Waals surface area contributed by atoms with Crippen LogP contribution in [0.2, 0.25) is 5.02 Å². The second-order valence-corrected chi connectivity index (χ2v) is 6.00. The van der Waals surface area contributed by atoms with Crippen molar-refractivity contribution in [1.82, 2.24) is 0 Å². The Kier molecular flexibility index (Phi) is 5.14. The molecule has 0 aliphatic rings. The SMILES string of the molecule is COc1cc(C)c(C(N)c2ccc(Cl)cc2Br)cc1OC. The van der Waals surface area contributed by atoms with Gasteiger partial charge in [-0.1, -0.05) is 33.6 Å². The maximum Gasteiger partial charge on any atom is 0.161 e. The van der Waals surface area contributed by atoms with E-state index in [9.17, 15) is 0 Å². The van der Waals surface area contributed by atoms with Gasteiger partial charge >= 0.3 is 0 Å². The number of nitrogens with two attached hydrogens (primary N) is 1. The van der Waals surface area contributed by atoms with Crippen LogP contribution in [0.3, 0.4) is 0 Å². The Bertz CT molecular complexity index is 661.